The van der Waals surface area contributed by atoms with Crippen molar-refractivity contribution >= 4 is 15.9 Å². The van der Waals surface area contributed by atoms with Crippen molar-refractivity contribution in [3.63, 3.8) is 0 Å². The van der Waals surface area contributed by atoms with Gasteiger partial charge in [-0.15, -0.1) is 0 Å². The number of hydrogen-bond donors (Lipinski definition) is 1. The molecule has 1 aromatic carbocycles. The van der Waals surface area contributed by atoms with Gasteiger partial charge >= 0.3 is 0 Å². The fourth-order valence-electron chi connectivity index (χ4n) is 2.89. The molecule has 1 aliphatic carbocycles. The molecule has 0 bridgehead atoms. The predicted molar refractivity (Wildman–Crippen MR) is 88.5 cm³/mol. The van der Waals surface area contributed by atoms with Crippen LogP contribution < -0.4 is 10.1 Å². The Morgan fingerprint density at radius 1 is 1.15 bits per heavy atom. The van der Waals surface area contributed by atoms with Gasteiger partial charge in [-0.25, -0.2) is 0 Å². The van der Waals surface area contributed by atoms with Crippen molar-refractivity contribution in [2.45, 2.75) is 52.5 Å². The highest BCUT2D eigenvalue weighted by molar-refractivity contribution is 9.10. The summed E-state index contributed by atoms with van der Waals surface area (Å²) >= 11 is 3.58. The Kier molecular flexibility index (Phi) is 5.91. The predicted octanol–water partition coefficient (Wildman–Crippen LogP) is 4.61. The molecule has 0 saturated heterocycles. The van der Waals surface area contributed by atoms with E-state index in [0.29, 0.717) is 6.04 Å². The SMILES string of the molecule is Cc1cc(OCCNC2CCC(C)CC2)cc(C)c1Br. The van der Waals surface area contributed by atoms with Gasteiger partial charge < -0.3 is 10.1 Å². The maximum Gasteiger partial charge on any atom is 0.119 e. The normalized spacial score (nSPS) is 22.8. The second-order valence-electron chi connectivity index (χ2n) is 6.13. The maximum atomic E-state index is 5.85. The van der Waals surface area contributed by atoms with Crippen LogP contribution in [0.3, 0.4) is 0 Å². The van der Waals surface area contributed by atoms with Crippen LogP contribution >= 0.6 is 15.9 Å². The highest BCUT2D eigenvalue weighted by Gasteiger charge is 2.17. The number of hydrogen-bond acceptors (Lipinski definition) is 2. The average molecular weight is 340 g/mol. The summed E-state index contributed by atoms with van der Waals surface area (Å²) in [5.41, 5.74) is 2.46. The van der Waals surface area contributed by atoms with Crippen molar-refractivity contribution in [2.24, 2.45) is 5.92 Å². The van der Waals surface area contributed by atoms with Crippen LogP contribution in [0.25, 0.3) is 0 Å². The summed E-state index contributed by atoms with van der Waals surface area (Å²) in [6.45, 7) is 8.24. The Morgan fingerprint density at radius 2 is 1.75 bits per heavy atom. The Morgan fingerprint density at radius 3 is 2.35 bits per heavy atom. The van der Waals surface area contributed by atoms with E-state index in [2.05, 4.69) is 54.2 Å². The van der Waals surface area contributed by atoms with Crippen molar-refractivity contribution in [1.29, 1.82) is 0 Å². The third kappa shape index (κ3) is 4.49. The van der Waals surface area contributed by atoms with Gasteiger partial charge in [0.05, 0.1) is 0 Å². The monoisotopic (exact) mass is 339 g/mol. The molecule has 0 spiro atoms. The van der Waals surface area contributed by atoms with Crippen LogP contribution in [-0.4, -0.2) is 19.2 Å². The molecule has 0 amide bonds. The van der Waals surface area contributed by atoms with Crippen LogP contribution in [0, 0.1) is 19.8 Å². The molecular weight excluding hydrogens is 314 g/mol. The first-order chi connectivity index (χ1) is 9.56. The van der Waals surface area contributed by atoms with E-state index in [-0.39, 0.29) is 0 Å². The zero-order valence-electron chi connectivity index (χ0n) is 12.8. The molecule has 0 aromatic heterocycles. The molecule has 2 rings (SSSR count). The quantitative estimate of drug-likeness (QED) is 0.790. The molecule has 0 atom stereocenters. The first kappa shape index (κ1) is 15.8. The number of rotatable bonds is 5. The van der Waals surface area contributed by atoms with Gasteiger partial charge in [0.25, 0.3) is 0 Å². The molecule has 20 heavy (non-hydrogen) atoms. The number of ether oxygens (including phenoxy) is 1. The molecule has 1 saturated carbocycles. The number of nitrogens with one attached hydrogen (secondary N) is 1. The smallest absolute Gasteiger partial charge is 0.119 e. The van der Waals surface area contributed by atoms with Crippen molar-refractivity contribution in [3.8, 4) is 5.75 Å². The lowest BCUT2D eigenvalue weighted by Crippen LogP contribution is -2.35. The van der Waals surface area contributed by atoms with Crippen molar-refractivity contribution in [1.82, 2.24) is 5.32 Å². The molecule has 1 aliphatic rings. The molecule has 112 valence electrons. The Bertz CT molecular complexity index is 416. The van der Waals surface area contributed by atoms with E-state index >= 15 is 0 Å². The minimum atomic E-state index is 0.697. The number of halogens is 1. The van der Waals surface area contributed by atoms with Gasteiger partial charge in [-0.05, 0) is 68.7 Å². The van der Waals surface area contributed by atoms with Crippen LogP contribution in [0.1, 0.15) is 43.7 Å². The summed E-state index contributed by atoms with van der Waals surface area (Å²) in [6, 6.07) is 4.89. The standard InChI is InChI=1S/C17H26BrNO/c1-12-4-6-15(7-5-12)19-8-9-20-16-10-13(2)17(18)14(3)11-16/h10-12,15,19H,4-9H2,1-3H3. The molecule has 2 nitrogen and oxygen atoms in total. The van der Waals surface area contributed by atoms with Crippen LogP contribution in [0.2, 0.25) is 0 Å². The number of benzene rings is 1. The lowest BCUT2D eigenvalue weighted by Gasteiger charge is -2.27. The molecule has 0 heterocycles. The van der Waals surface area contributed by atoms with Gasteiger partial charge in [0, 0.05) is 17.1 Å². The molecule has 3 heteroatoms. The molecule has 1 aromatic rings. The van der Waals surface area contributed by atoms with E-state index in [1.165, 1.54) is 41.3 Å². The van der Waals surface area contributed by atoms with Crippen LogP contribution in [0.4, 0.5) is 0 Å². The zero-order chi connectivity index (χ0) is 14.5. The van der Waals surface area contributed by atoms with Gasteiger partial charge in [0.15, 0.2) is 0 Å². The summed E-state index contributed by atoms with van der Waals surface area (Å²) in [7, 11) is 0. The highest BCUT2D eigenvalue weighted by atomic mass is 79.9. The molecule has 0 aliphatic heterocycles. The molecule has 0 unspecified atom stereocenters. The summed E-state index contributed by atoms with van der Waals surface area (Å²) in [6.07, 6.45) is 5.36. The van der Waals surface area contributed by atoms with Crippen LogP contribution in [0.15, 0.2) is 16.6 Å². The van der Waals surface area contributed by atoms with Gasteiger partial charge in [-0.3, -0.25) is 0 Å². The van der Waals surface area contributed by atoms with Crippen molar-refractivity contribution in [3.05, 3.63) is 27.7 Å². The summed E-state index contributed by atoms with van der Waals surface area (Å²) in [4.78, 5) is 0. The van der Waals surface area contributed by atoms with E-state index in [0.717, 1.165) is 24.8 Å². The number of aryl methyl sites for hydroxylation is 2. The summed E-state index contributed by atoms with van der Waals surface area (Å²) < 4.78 is 7.03. The van der Waals surface area contributed by atoms with Gasteiger partial charge in [0.2, 0.25) is 0 Å². The van der Waals surface area contributed by atoms with Gasteiger partial charge in [0.1, 0.15) is 12.4 Å². The second-order valence-corrected chi connectivity index (χ2v) is 6.92. The van der Waals surface area contributed by atoms with Crippen molar-refractivity contribution < 1.29 is 4.74 Å². The molecule has 1 fully saturated rings. The first-order valence-electron chi connectivity index (χ1n) is 7.69. The maximum absolute atomic E-state index is 5.85. The lowest BCUT2D eigenvalue weighted by atomic mass is 9.87. The minimum Gasteiger partial charge on any atom is -0.492 e. The summed E-state index contributed by atoms with van der Waals surface area (Å²) in [5, 5.41) is 3.62. The Labute approximate surface area is 131 Å². The van der Waals surface area contributed by atoms with E-state index in [1.807, 2.05) is 0 Å². The summed E-state index contributed by atoms with van der Waals surface area (Å²) in [5.74, 6) is 1.89. The lowest BCUT2D eigenvalue weighted by molar-refractivity contribution is 0.270. The van der Waals surface area contributed by atoms with E-state index in [9.17, 15) is 0 Å². The largest absolute Gasteiger partial charge is 0.492 e. The van der Waals surface area contributed by atoms with Crippen molar-refractivity contribution in [2.75, 3.05) is 13.2 Å². The Hall–Kier alpha value is -0.540. The van der Waals surface area contributed by atoms with Crippen LogP contribution in [-0.2, 0) is 0 Å². The van der Waals surface area contributed by atoms with Crippen LogP contribution in [0.5, 0.6) is 5.75 Å². The first-order valence-corrected chi connectivity index (χ1v) is 8.48. The Balaban J connectivity index is 1.71. The van der Waals surface area contributed by atoms with Gasteiger partial charge in [-0.2, -0.15) is 0 Å². The third-order valence-electron chi connectivity index (χ3n) is 4.23. The zero-order valence-corrected chi connectivity index (χ0v) is 14.4. The molecule has 1 N–H and O–H groups in total. The molecular formula is C17H26BrNO. The molecule has 0 radical (unpaired) electrons. The van der Waals surface area contributed by atoms with E-state index in [4.69, 9.17) is 4.74 Å². The highest BCUT2D eigenvalue weighted by Crippen LogP contribution is 2.26. The topological polar surface area (TPSA) is 21.3 Å². The fourth-order valence-corrected chi connectivity index (χ4v) is 3.11. The second kappa shape index (κ2) is 7.46. The fraction of sp³-hybridized carbons (Fsp3) is 0.647. The van der Waals surface area contributed by atoms with E-state index < -0.39 is 0 Å². The van der Waals surface area contributed by atoms with E-state index in [1.54, 1.807) is 0 Å². The average Bonchev–Trinajstić information content (AvgIpc) is 2.43. The third-order valence-corrected chi connectivity index (χ3v) is 5.48. The van der Waals surface area contributed by atoms with Gasteiger partial charge in [-0.1, -0.05) is 22.9 Å². The minimum absolute atomic E-state index is 0.697.